The van der Waals surface area contributed by atoms with Crippen molar-refractivity contribution in [2.24, 2.45) is 0 Å². The Morgan fingerprint density at radius 2 is 2.05 bits per heavy atom. The van der Waals surface area contributed by atoms with Gasteiger partial charge in [-0.25, -0.2) is 9.97 Å². The molecule has 0 fully saturated rings. The van der Waals surface area contributed by atoms with E-state index in [1.165, 1.54) is 6.07 Å². The lowest BCUT2D eigenvalue weighted by Crippen LogP contribution is -2.22. The van der Waals surface area contributed by atoms with Crippen molar-refractivity contribution in [3.05, 3.63) is 36.2 Å². The Morgan fingerprint density at radius 3 is 2.71 bits per heavy atom. The lowest BCUT2D eigenvalue weighted by molar-refractivity contribution is 0.0859. The van der Waals surface area contributed by atoms with Crippen LogP contribution in [0.5, 0.6) is 0 Å². The van der Waals surface area contributed by atoms with Crippen molar-refractivity contribution in [1.82, 2.24) is 14.5 Å². The molecule has 2 aromatic rings. The van der Waals surface area contributed by atoms with Gasteiger partial charge in [0.15, 0.2) is 0 Å². The molecule has 0 aliphatic carbocycles. The highest BCUT2D eigenvalue weighted by Crippen LogP contribution is 2.19. The fraction of sp³-hybridized carbons (Fsp3) is 0.467. The van der Waals surface area contributed by atoms with Crippen molar-refractivity contribution in [3.63, 3.8) is 0 Å². The Kier molecular flexibility index (Phi) is 4.90. The lowest BCUT2D eigenvalue weighted by Gasteiger charge is -2.15. The minimum atomic E-state index is -1.06. The molecule has 0 saturated carbocycles. The molecule has 2 heterocycles. The number of ether oxygens (including phenoxy) is 1. The van der Waals surface area contributed by atoms with Gasteiger partial charge < -0.3 is 9.30 Å². The van der Waals surface area contributed by atoms with Gasteiger partial charge in [-0.05, 0) is 25.1 Å². The molecule has 0 unspecified atom stereocenters. The number of imidazole rings is 1. The van der Waals surface area contributed by atoms with E-state index in [1.54, 1.807) is 18.5 Å². The molecule has 0 spiro atoms. The van der Waals surface area contributed by atoms with Gasteiger partial charge in [-0.15, -0.1) is 0 Å². The second kappa shape index (κ2) is 6.49. The van der Waals surface area contributed by atoms with Crippen molar-refractivity contribution < 1.29 is 9.13 Å². The van der Waals surface area contributed by atoms with Crippen LogP contribution in [0.15, 0.2) is 24.5 Å². The molecule has 6 heteroatoms. The molecular weight excluding hydrogens is 285 g/mol. The van der Waals surface area contributed by atoms with Crippen molar-refractivity contribution >= 4 is 8.07 Å². The molecule has 0 aromatic carbocycles. The highest BCUT2D eigenvalue weighted by atomic mass is 28.3. The zero-order chi connectivity index (χ0) is 15.5. The standard InChI is InChI=1S/C15H22FN3OSi/c1-12-15(13-6-5-7-14(16)18-13)17-10-19(12)11-20-8-9-21(2,3)4/h5-7,10H,8-9,11H2,1-4H3. The first kappa shape index (κ1) is 15.8. The van der Waals surface area contributed by atoms with Crippen LogP contribution in [0, 0.1) is 12.9 Å². The number of rotatable bonds is 6. The summed E-state index contributed by atoms with van der Waals surface area (Å²) in [6.45, 7) is 10.2. The quantitative estimate of drug-likeness (QED) is 0.464. The minimum absolute atomic E-state index is 0.471. The smallest absolute Gasteiger partial charge is 0.213 e. The largest absolute Gasteiger partial charge is 0.361 e. The number of halogens is 1. The fourth-order valence-electron chi connectivity index (χ4n) is 1.91. The van der Waals surface area contributed by atoms with Crippen LogP contribution in [0.4, 0.5) is 4.39 Å². The molecule has 0 radical (unpaired) electrons. The Labute approximate surface area is 126 Å². The van der Waals surface area contributed by atoms with Gasteiger partial charge in [-0.3, -0.25) is 0 Å². The molecule has 0 amide bonds. The minimum Gasteiger partial charge on any atom is -0.361 e. The summed E-state index contributed by atoms with van der Waals surface area (Å²) in [4.78, 5) is 8.19. The number of aromatic nitrogens is 3. The maximum atomic E-state index is 13.2. The van der Waals surface area contributed by atoms with Crippen LogP contribution in [0.25, 0.3) is 11.4 Å². The van der Waals surface area contributed by atoms with E-state index in [9.17, 15) is 4.39 Å². The first-order chi connectivity index (χ1) is 9.87. The topological polar surface area (TPSA) is 39.9 Å². The van der Waals surface area contributed by atoms with Crippen molar-refractivity contribution in [1.29, 1.82) is 0 Å². The number of nitrogens with zero attached hydrogens (tertiary/aromatic N) is 3. The van der Waals surface area contributed by atoms with E-state index < -0.39 is 14.0 Å². The monoisotopic (exact) mass is 307 g/mol. The molecule has 0 bridgehead atoms. The second-order valence-electron chi connectivity index (χ2n) is 6.34. The van der Waals surface area contributed by atoms with Gasteiger partial charge in [0.25, 0.3) is 0 Å². The summed E-state index contributed by atoms with van der Waals surface area (Å²) >= 11 is 0. The zero-order valence-corrected chi connectivity index (χ0v) is 14.1. The molecule has 2 rings (SSSR count). The molecule has 4 nitrogen and oxygen atoms in total. The number of hydrogen-bond acceptors (Lipinski definition) is 3. The first-order valence-corrected chi connectivity index (χ1v) is 10.8. The third-order valence-corrected chi connectivity index (χ3v) is 4.99. The second-order valence-corrected chi connectivity index (χ2v) is 12.0. The van der Waals surface area contributed by atoms with Crippen LogP contribution in [0.2, 0.25) is 25.7 Å². The van der Waals surface area contributed by atoms with Crippen molar-refractivity contribution in [3.8, 4) is 11.4 Å². The van der Waals surface area contributed by atoms with E-state index in [0.29, 0.717) is 18.1 Å². The maximum Gasteiger partial charge on any atom is 0.213 e. The average molecular weight is 307 g/mol. The van der Waals surface area contributed by atoms with Crippen LogP contribution >= 0.6 is 0 Å². The van der Waals surface area contributed by atoms with E-state index in [1.807, 2.05) is 11.5 Å². The molecule has 0 N–H and O–H groups in total. The Bertz CT molecular complexity index is 607. The summed E-state index contributed by atoms with van der Waals surface area (Å²) in [5.74, 6) is -0.493. The van der Waals surface area contributed by atoms with Crippen LogP contribution < -0.4 is 0 Å². The third-order valence-electron chi connectivity index (χ3n) is 3.28. The van der Waals surface area contributed by atoms with Gasteiger partial charge in [0, 0.05) is 20.4 Å². The van der Waals surface area contributed by atoms with Gasteiger partial charge in [0.1, 0.15) is 12.4 Å². The van der Waals surface area contributed by atoms with Gasteiger partial charge in [0.05, 0.1) is 12.0 Å². The highest BCUT2D eigenvalue weighted by Gasteiger charge is 2.13. The van der Waals surface area contributed by atoms with E-state index in [4.69, 9.17) is 4.74 Å². The van der Waals surface area contributed by atoms with Crippen LogP contribution in [-0.4, -0.2) is 29.2 Å². The lowest BCUT2D eigenvalue weighted by atomic mass is 10.2. The third kappa shape index (κ3) is 4.47. The molecule has 0 aliphatic heterocycles. The van der Waals surface area contributed by atoms with Gasteiger partial charge in [-0.2, -0.15) is 4.39 Å². The van der Waals surface area contributed by atoms with Gasteiger partial charge >= 0.3 is 0 Å². The van der Waals surface area contributed by atoms with E-state index in [-0.39, 0.29) is 0 Å². The number of pyridine rings is 1. The number of hydrogen-bond donors (Lipinski definition) is 0. The molecule has 2 aromatic heterocycles. The molecular formula is C15H22FN3OSi. The predicted molar refractivity (Wildman–Crippen MR) is 84.3 cm³/mol. The van der Waals surface area contributed by atoms with Crippen LogP contribution in [0.1, 0.15) is 5.69 Å². The average Bonchev–Trinajstić information content (AvgIpc) is 2.75. The van der Waals surface area contributed by atoms with E-state index >= 15 is 0 Å². The molecule has 0 saturated heterocycles. The summed E-state index contributed by atoms with van der Waals surface area (Å²) in [5, 5.41) is 0. The van der Waals surface area contributed by atoms with Gasteiger partial charge in [-0.1, -0.05) is 25.7 Å². The maximum absolute atomic E-state index is 13.2. The fourth-order valence-corrected chi connectivity index (χ4v) is 2.66. The first-order valence-electron chi connectivity index (χ1n) is 7.09. The van der Waals surface area contributed by atoms with Crippen LogP contribution in [0.3, 0.4) is 0 Å². The molecule has 114 valence electrons. The summed E-state index contributed by atoms with van der Waals surface area (Å²) in [7, 11) is -1.06. The normalized spacial score (nSPS) is 11.9. The van der Waals surface area contributed by atoms with E-state index in [2.05, 4.69) is 29.6 Å². The summed E-state index contributed by atoms with van der Waals surface area (Å²) < 4.78 is 20.8. The van der Waals surface area contributed by atoms with Crippen molar-refractivity contribution in [2.45, 2.75) is 39.3 Å². The Morgan fingerprint density at radius 1 is 1.29 bits per heavy atom. The Hall–Kier alpha value is -1.53. The summed E-state index contributed by atoms with van der Waals surface area (Å²) in [6, 6.07) is 5.86. The highest BCUT2D eigenvalue weighted by molar-refractivity contribution is 6.76. The SMILES string of the molecule is Cc1c(-c2cccc(F)n2)ncn1COCC[Si](C)(C)C. The van der Waals surface area contributed by atoms with Gasteiger partial charge in [0.2, 0.25) is 5.95 Å². The van der Waals surface area contributed by atoms with Crippen molar-refractivity contribution in [2.75, 3.05) is 6.61 Å². The van der Waals surface area contributed by atoms with E-state index in [0.717, 1.165) is 18.3 Å². The zero-order valence-electron chi connectivity index (χ0n) is 13.1. The predicted octanol–water partition coefficient (Wildman–Crippen LogP) is 3.70. The summed E-state index contributed by atoms with van der Waals surface area (Å²) in [5.41, 5.74) is 2.18. The molecule has 21 heavy (non-hydrogen) atoms. The molecule has 0 aliphatic rings. The Balaban J connectivity index is 2.01. The van der Waals surface area contributed by atoms with Crippen LogP contribution in [-0.2, 0) is 11.5 Å². The molecule has 0 atom stereocenters. The summed E-state index contributed by atoms with van der Waals surface area (Å²) in [6.07, 6.45) is 1.71.